The van der Waals surface area contributed by atoms with Gasteiger partial charge in [-0.2, -0.15) is 0 Å². The van der Waals surface area contributed by atoms with Crippen molar-refractivity contribution >= 4 is 5.91 Å². The number of halogens is 1. The molecule has 7 heteroatoms. The highest BCUT2D eigenvalue weighted by atomic mass is 19.1. The highest BCUT2D eigenvalue weighted by Crippen LogP contribution is 2.24. The van der Waals surface area contributed by atoms with E-state index in [0.717, 1.165) is 0 Å². The number of rotatable bonds is 6. The molecule has 1 saturated heterocycles. The maximum Gasteiger partial charge on any atom is 0.256 e. The zero-order valence-corrected chi connectivity index (χ0v) is 14.2. The lowest BCUT2D eigenvalue weighted by Gasteiger charge is -2.38. The number of piperidine rings is 1. The SMILES string of the molecule is Cc1cc(CNC[C@@]2(O)CCCN(Cc3ccccc3F)C2=O)no1. The Morgan fingerprint density at radius 3 is 2.96 bits per heavy atom. The minimum atomic E-state index is -1.48. The summed E-state index contributed by atoms with van der Waals surface area (Å²) in [5.41, 5.74) is -0.318. The fourth-order valence-corrected chi connectivity index (χ4v) is 3.11. The van der Waals surface area contributed by atoms with Crippen LogP contribution >= 0.6 is 0 Å². The van der Waals surface area contributed by atoms with Crippen LogP contribution in [0.3, 0.4) is 0 Å². The van der Waals surface area contributed by atoms with Crippen molar-refractivity contribution in [3.8, 4) is 0 Å². The molecule has 1 aliphatic rings. The predicted octanol–water partition coefficient (Wildman–Crippen LogP) is 1.77. The molecule has 1 aromatic heterocycles. The lowest BCUT2D eigenvalue weighted by atomic mass is 9.91. The van der Waals surface area contributed by atoms with Crippen LogP contribution < -0.4 is 5.32 Å². The molecule has 0 unspecified atom stereocenters. The second kappa shape index (κ2) is 7.33. The normalized spacial score (nSPS) is 20.9. The minimum Gasteiger partial charge on any atom is -0.379 e. The van der Waals surface area contributed by atoms with E-state index in [9.17, 15) is 14.3 Å². The van der Waals surface area contributed by atoms with E-state index in [0.29, 0.717) is 42.9 Å². The molecule has 3 rings (SSSR count). The van der Waals surface area contributed by atoms with Crippen molar-refractivity contribution in [3.05, 3.63) is 53.2 Å². The number of aliphatic hydroxyl groups is 1. The van der Waals surface area contributed by atoms with E-state index in [1.807, 2.05) is 0 Å². The summed E-state index contributed by atoms with van der Waals surface area (Å²) in [6.07, 6.45) is 1.05. The Kier molecular flexibility index (Phi) is 5.15. The van der Waals surface area contributed by atoms with Crippen LogP contribution in [-0.2, 0) is 17.9 Å². The molecule has 0 aliphatic carbocycles. The number of nitrogens with zero attached hydrogens (tertiary/aromatic N) is 2. The van der Waals surface area contributed by atoms with Crippen LogP contribution in [0.2, 0.25) is 0 Å². The topological polar surface area (TPSA) is 78.6 Å². The summed E-state index contributed by atoms with van der Waals surface area (Å²) in [7, 11) is 0. The van der Waals surface area contributed by atoms with Gasteiger partial charge in [-0.15, -0.1) is 0 Å². The zero-order chi connectivity index (χ0) is 17.9. The summed E-state index contributed by atoms with van der Waals surface area (Å²) in [5, 5.41) is 17.7. The van der Waals surface area contributed by atoms with Crippen LogP contribution in [-0.4, -0.2) is 39.8 Å². The van der Waals surface area contributed by atoms with Crippen LogP contribution in [0.15, 0.2) is 34.9 Å². The van der Waals surface area contributed by atoms with Crippen molar-refractivity contribution in [2.24, 2.45) is 0 Å². The average molecular weight is 347 g/mol. The molecule has 1 atom stereocenters. The van der Waals surface area contributed by atoms with Crippen molar-refractivity contribution in [1.82, 2.24) is 15.4 Å². The average Bonchev–Trinajstić information content (AvgIpc) is 2.99. The summed E-state index contributed by atoms with van der Waals surface area (Å²) in [6, 6.07) is 8.17. The third-order valence-electron chi connectivity index (χ3n) is 4.42. The fourth-order valence-electron chi connectivity index (χ4n) is 3.11. The zero-order valence-electron chi connectivity index (χ0n) is 14.2. The van der Waals surface area contributed by atoms with Gasteiger partial charge in [-0.3, -0.25) is 4.79 Å². The van der Waals surface area contributed by atoms with E-state index in [4.69, 9.17) is 4.52 Å². The molecule has 0 saturated carbocycles. The lowest BCUT2D eigenvalue weighted by molar-refractivity contribution is -0.157. The number of aromatic nitrogens is 1. The van der Waals surface area contributed by atoms with Crippen molar-refractivity contribution in [1.29, 1.82) is 0 Å². The highest BCUT2D eigenvalue weighted by molar-refractivity contribution is 5.86. The smallest absolute Gasteiger partial charge is 0.256 e. The molecule has 0 spiro atoms. The summed E-state index contributed by atoms with van der Waals surface area (Å²) in [5.74, 6) is -0.00454. The molecule has 2 aromatic rings. The number of likely N-dealkylation sites (tertiary alicyclic amines) is 1. The van der Waals surface area contributed by atoms with Crippen LogP contribution in [0.25, 0.3) is 0 Å². The molecule has 1 amide bonds. The van der Waals surface area contributed by atoms with Gasteiger partial charge in [0.1, 0.15) is 11.6 Å². The standard InChI is InChI=1S/C18H22FN3O3/c1-13-9-15(21-25-13)10-20-12-18(24)7-4-8-22(17(18)23)11-14-5-2-3-6-16(14)19/h2-3,5-6,9,20,24H,4,7-8,10-12H2,1H3/t18-/m0/s1. The Hall–Kier alpha value is -2.25. The second-order valence-corrected chi connectivity index (χ2v) is 6.49. The molecular weight excluding hydrogens is 325 g/mol. The predicted molar refractivity (Wildman–Crippen MR) is 88.9 cm³/mol. The maximum absolute atomic E-state index is 13.8. The molecule has 0 bridgehead atoms. The maximum atomic E-state index is 13.8. The Morgan fingerprint density at radius 1 is 1.44 bits per heavy atom. The third kappa shape index (κ3) is 4.05. The first-order valence-corrected chi connectivity index (χ1v) is 8.36. The number of hydrogen-bond acceptors (Lipinski definition) is 5. The van der Waals surface area contributed by atoms with Crippen LogP contribution in [0.5, 0.6) is 0 Å². The van der Waals surface area contributed by atoms with Crippen molar-refractivity contribution in [2.45, 2.75) is 38.5 Å². The second-order valence-electron chi connectivity index (χ2n) is 6.49. The first kappa shape index (κ1) is 17.6. The van der Waals surface area contributed by atoms with E-state index in [1.54, 1.807) is 31.2 Å². The third-order valence-corrected chi connectivity index (χ3v) is 4.42. The summed E-state index contributed by atoms with van der Waals surface area (Å²) in [6.45, 7) is 3.00. The lowest BCUT2D eigenvalue weighted by Crippen LogP contribution is -2.57. The van der Waals surface area contributed by atoms with E-state index < -0.39 is 5.60 Å². The van der Waals surface area contributed by atoms with Gasteiger partial charge in [0.2, 0.25) is 0 Å². The number of amides is 1. The van der Waals surface area contributed by atoms with Gasteiger partial charge >= 0.3 is 0 Å². The molecule has 1 aromatic carbocycles. The molecule has 25 heavy (non-hydrogen) atoms. The van der Waals surface area contributed by atoms with E-state index in [-0.39, 0.29) is 24.8 Å². The van der Waals surface area contributed by atoms with Crippen LogP contribution in [0.1, 0.15) is 29.9 Å². The van der Waals surface area contributed by atoms with Gasteiger partial charge in [0.25, 0.3) is 5.91 Å². The first-order valence-electron chi connectivity index (χ1n) is 8.36. The van der Waals surface area contributed by atoms with Gasteiger partial charge in [-0.05, 0) is 25.8 Å². The Balaban J connectivity index is 1.61. The van der Waals surface area contributed by atoms with Gasteiger partial charge in [-0.25, -0.2) is 4.39 Å². The van der Waals surface area contributed by atoms with Crippen molar-refractivity contribution in [3.63, 3.8) is 0 Å². The molecule has 1 fully saturated rings. The quantitative estimate of drug-likeness (QED) is 0.833. The van der Waals surface area contributed by atoms with Gasteiger partial charge in [0.15, 0.2) is 5.60 Å². The number of benzene rings is 1. The number of nitrogens with one attached hydrogen (secondary N) is 1. The molecule has 6 nitrogen and oxygen atoms in total. The molecule has 2 heterocycles. The fraction of sp³-hybridized carbons (Fsp3) is 0.444. The van der Waals surface area contributed by atoms with Crippen molar-refractivity contribution in [2.75, 3.05) is 13.1 Å². The molecule has 0 radical (unpaired) electrons. The highest BCUT2D eigenvalue weighted by Gasteiger charge is 2.41. The summed E-state index contributed by atoms with van der Waals surface area (Å²) in [4.78, 5) is 14.2. The van der Waals surface area contributed by atoms with Gasteiger partial charge in [0, 0.05) is 37.8 Å². The van der Waals surface area contributed by atoms with Gasteiger partial charge in [-0.1, -0.05) is 23.4 Å². The van der Waals surface area contributed by atoms with Gasteiger partial charge < -0.3 is 19.8 Å². The molecule has 2 N–H and O–H groups in total. The van der Waals surface area contributed by atoms with Crippen LogP contribution in [0.4, 0.5) is 4.39 Å². The molecule has 1 aliphatic heterocycles. The summed E-state index contributed by atoms with van der Waals surface area (Å²) >= 11 is 0. The largest absolute Gasteiger partial charge is 0.379 e. The van der Waals surface area contributed by atoms with E-state index >= 15 is 0 Å². The van der Waals surface area contributed by atoms with Crippen LogP contribution in [0, 0.1) is 12.7 Å². The number of carbonyl (C=O) groups is 1. The van der Waals surface area contributed by atoms with Crippen molar-refractivity contribution < 1.29 is 18.8 Å². The number of carbonyl (C=O) groups excluding carboxylic acids is 1. The molecule has 134 valence electrons. The summed E-state index contributed by atoms with van der Waals surface area (Å²) < 4.78 is 18.8. The van der Waals surface area contributed by atoms with E-state index in [2.05, 4.69) is 10.5 Å². The Labute approximate surface area is 145 Å². The molecular formula is C18H22FN3O3. The monoisotopic (exact) mass is 347 g/mol. The Bertz CT molecular complexity index is 749. The van der Waals surface area contributed by atoms with E-state index in [1.165, 1.54) is 11.0 Å². The number of hydrogen-bond donors (Lipinski definition) is 2. The number of aryl methyl sites for hydroxylation is 1. The van der Waals surface area contributed by atoms with Gasteiger partial charge in [0.05, 0.1) is 5.69 Å². The first-order chi connectivity index (χ1) is 12.0. The minimum absolute atomic E-state index is 0.117. The Morgan fingerprint density at radius 2 is 2.24 bits per heavy atom.